The van der Waals surface area contributed by atoms with E-state index in [1.165, 1.54) is 16.7 Å². The van der Waals surface area contributed by atoms with E-state index in [0.29, 0.717) is 0 Å². The third-order valence-electron chi connectivity index (χ3n) is 2.17. The van der Waals surface area contributed by atoms with Gasteiger partial charge in [-0.2, -0.15) is 3.63 Å². The first-order chi connectivity index (χ1) is 9.08. The first-order valence-electron chi connectivity index (χ1n) is 5.15. The van der Waals surface area contributed by atoms with Gasteiger partial charge in [-0.25, -0.2) is 16.8 Å². The van der Waals surface area contributed by atoms with Gasteiger partial charge in [0.25, 0.3) is 0 Å². The zero-order valence-electron chi connectivity index (χ0n) is 12.1. The molecule has 2 rings (SSSR count). The van der Waals surface area contributed by atoms with E-state index in [-0.39, 0.29) is 59.1 Å². The molecule has 1 aromatic rings. The predicted octanol–water partition coefficient (Wildman–Crippen LogP) is -4.95. The van der Waals surface area contributed by atoms with Crippen LogP contribution in [0.1, 0.15) is 17.5 Å². The van der Waals surface area contributed by atoms with Gasteiger partial charge in [-0.05, 0) is 23.1 Å². The summed E-state index contributed by atoms with van der Waals surface area (Å²) in [7, 11) is -10.9. The Kier molecular flexibility index (Phi) is 11.7. The Hall–Kier alpha value is 0.480. The fourth-order valence-electron chi connectivity index (χ4n) is 1.50. The van der Waals surface area contributed by atoms with Crippen molar-refractivity contribution in [3.8, 4) is 0 Å². The van der Waals surface area contributed by atoms with Crippen LogP contribution in [-0.4, -0.2) is 25.9 Å². The molecular weight excluding hydrogens is 354 g/mol. The molecule has 0 amide bonds. The maximum absolute atomic E-state index is 9.29. The second kappa shape index (κ2) is 10.4. The first kappa shape index (κ1) is 24.7. The zero-order chi connectivity index (χ0) is 15.4. The molecule has 0 aromatic heterocycles. The van der Waals surface area contributed by atoms with Crippen molar-refractivity contribution in [3.05, 3.63) is 48.0 Å². The van der Waals surface area contributed by atoms with Crippen LogP contribution < -0.4 is 59.1 Å². The van der Waals surface area contributed by atoms with Crippen molar-refractivity contribution >= 4 is 32.4 Å². The van der Waals surface area contributed by atoms with Gasteiger partial charge in [-0.1, -0.05) is 43.0 Å². The van der Waals surface area contributed by atoms with Gasteiger partial charge in [0.05, 0.1) is 0 Å². The Balaban J connectivity index is 0. The van der Waals surface area contributed by atoms with Gasteiger partial charge in [0.15, 0.2) is 0 Å². The molecule has 0 fully saturated rings. The van der Waals surface area contributed by atoms with Crippen LogP contribution in [0.4, 0.5) is 0 Å². The molecule has 0 N–H and O–H groups in total. The second-order valence-electron chi connectivity index (χ2n) is 3.68. The van der Waals surface area contributed by atoms with Crippen LogP contribution in [-0.2, 0) is 24.4 Å². The number of hydrogen-bond donors (Lipinski definition) is 0. The summed E-state index contributed by atoms with van der Waals surface area (Å²) in [6.45, 7) is 4.00. The van der Waals surface area contributed by atoms with Crippen molar-refractivity contribution in [2.24, 2.45) is 0 Å². The molecule has 0 unspecified atom stereocenters. The molecule has 7 nitrogen and oxygen atoms in total. The molecule has 0 saturated carbocycles. The minimum Gasteiger partial charge on any atom is -0.725 e. The Labute approximate surface area is 173 Å². The molecule has 0 heterocycles. The monoisotopic (exact) mass is 364 g/mol. The predicted molar refractivity (Wildman–Crippen MR) is 69.6 cm³/mol. The number of allylic oxidation sites excluding steroid dienone is 2. The van der Waals surface area contributed by atoms with Gasteiger partial charge >= 0.3 is 59.1 Å². The van der Waals surface area contributed by atoms with Crippen molar-refractivity contribution in [1.82, 2.24) is 0 Å². The Morgan fingerprint density at radius 3 is 1.91 bits per heavy atom. The molecule has 0 atom stereocenters. The van der Waals surface area contributed by atoms with Gasteiger partial charge < -0.3 is 9.11 Å². The van der Waals surface area contributed by atoms with Crippen LogP contribution in [0.3, 0.4) is 0 Å². The van der Waals surface area contributed by atoms with Crippen molar-refractivity contribution in [2.75, 3.05) is 0 Å². The normalized spacial score (nSPS) is 12.9. The Bertz CT molecular complexity index is 709. The fourth-order valence-corrected chi connectivity index (χ4v) is 2.32. The molecule has 1 aromatic carbocycles. The smallest absolute Gasteiger partial charge is 0.725 e. The van der Waals surface area contributed by atoms with Crippen molar-refractivity contribution < 1.29 is 88.7 Å². The molecule has 11 heteroatoms. The summed E-state index contributed by atoms with van der Waals surface area (Å²) >= 11 is 0. The maximum Gasteiger partial charge on any atom is 1.00 e. The standard InChI is InChI=1S/C11H10.2Na.H2O7S2/c1-9-5-4-7-10-6-2-3-8-11(9)10;;;1-8(2,3)7-9(4,5)6/h2-4,6-8H,1,5H2;;;(H,1,2,3)(H,4,5,6)/q;2*+1;/p-2. The summed E-state index contributed by atoms with van der Waals surface area (Å²) in [5.41, 5.74) is 3.82. The van der Waals surface area contributed by atoms with Crippen molar-refractivity contribution in [3.63, 3.8) is 0 Å². The number of hydrogen-bond acceptors (Lipinski definition) is 7. The average molecular weight is 364 g/mol. The van der Waals surface area contributed by atoms with Crippen LogP contribution in [0.25, 0.3) is 11.6 Å². The van der Waals surface area contributed by atoms with E-state index in [2.05, 4.69) is 46.6 Å². The molecule has 0 saturated heterocycles. The quantitative estimate of drug-likeness (QED) is 0.293. The minimum absolute atomic E-state index is 0. The molecule has 110 valence electrons. The molecule has 1 aliphatic carbocycles. The molecule has 0 bridgehead atoms. The van der Waals surface area contributed by atoms with E-state index >= 15 is 0 Å². The first-order valence-corrected chi connectivity index (χ1v) is 7.81. The summed E-state index contributed by atoms with van der Waals surface area (Å²) in [4.78, 5) is 0. The van der Waals surface area contributed by atoms with E-state index in [1.807, 2.05) is 0 Å². The van der Waals surface area contributed by atoms with Crippen molar-refractivity contribution in [2.45, 2.75) is 6.42 Å². The molecule has 0 radical (unpaired) electrons. The van der Waals surface area contributed by atoms with Crippen LogP contribution in [0.15, 0.2) is 36.9 Å². The molecule has 1 aliphatic rings. The minimum atomic E-state index is -5.43. The average Bonchev–Trinajstić information content (AvgIpc) is 2.25. The van der Waals surface area contributed by atoms with E-state index in [0.717, 1.165) is 6.42 Å². The number of benzene rings is 1. The summed E-state index contributed by atoms with van der Waals surface area (Å²) in [5.74, 6) is 0. The SMILES string of the molecule is C=C1CC=Cc2ccccc21.O=S(=O)([O-])OS(=O)(=O)[O-].[Na+].[Na+]. The fraction of sp³-hybridized carbons (Fsp3) is 0.0909. The maximum atomic E-state index is 9.29. The number of fused-ring (bicyclic) bond motifs is 1. The molecule has 0 aliphatic heterocycles. The largest absolute Gasteiger partial charge is 1.00 e. The van der Waals surface area contributed by atoms with Crippen LogP contribution in [0.5, 0.6) is 0 Å². The van der Waals surface area contributed by atoms with Crippen LogP contribution in [0.2, 0.25) is 0 Å². The second-order valence-corrected chi connectivity index (χ2v) is 5.86. The van der Waals surface area contributed by atoms with Gasteiger partial charge in [0.2, 0.25) is 20.8 Å². The van der Waals surface area contributed by atoms with E-state index in [4.69, 9.17) is 0 Å². The summed E-state index contributed by atoms with van der Waals surface area (Å²) in [6.07, 6.45) is 5.31. The van der Waals surface area contributed by atoms with E-state index < -0.39 is 20.8 Å². The molecule has 0 spiro atoms. The Morgan fingerprint density at radius 2 is 1.50 bits per heavy atom. The topological polar surface area (TPSA) is 124 Å². The van der Waals surface area contributed by atoms with Crippen LogP contribution in [0, 0.1) is 0 Å². The number of rotatable bonds is 2. The van der Waals surface area contributed by atoms with E-state index in [1.54, 1.807) is 0 Å². The van der Waals surface area contributed by atoms with Gasteiger partial charge in [-0.15, -0.1) is 0 Å². The third kappa shape index (κ3) is 10.3. The van der Waals surface area contributed by atoms with Gasteiger partial charge in [0.1, 0.15) is 0 Å². The molecular formula is C11H10Na2O7S2. The zero-order valence-corrected chi connectivity index (χ0v) is 17.7. The van der Waals surface area contributed by atoms with Gasteiger partial charge in [-0.3, -0.25) is 0 Å². The van der Waals surface area contributed by atoms with Crippen molar-refractivity contribution in [1.29, 1.82) is 0 Å². The molecule has 22 heavy (non-hydrogen) atoms. The van der Waals surface area contributed by atoms with Gasteiger partial charge in [0, 0.05) is 0 Å². The van der Waals surface area contributed by atoms with Crippen LogP contribution >= 0.6 is 0 Å². The summed E-state index contributed by atoms with van der Waals surface area (Å²) in [5, 5.41) is 0. The summed E-state index contributed by atoms with van der Waals surface area (Å²) < 4.78 is 58.2. The van der Waals surface area contributed by atoms with E-state index in [9.17, 15) is 25.9 Å². The third-order valence-corrected chi connectivity index (χ3v) is 3.50. The summed E-state index contributed by atoms with van der Waals surface area (Å²) in [6, 6.07) is 8.36. The Morgan fingerprint density at radius 1 is 1.00 bits per heavy atom.